The van der Waals surface area contributed by atoms with Crippen molar-refractivity contribution in [1.29, 1.82) is 0 Å². The number of guanidine groups is 1. The lowest BCUT2D eigenvalue weighted by atomic mass is 10.2. The van der Waals surface area contributed by atoms with Crippen LogP contribution in [0.25, 0.3) is 0 Å². The Balaban J connectivity index is 0.00000625. The summed E-state index contributed by atoms with van der Waals surface area (Å²) < 4.78 is 16.4. The van der Waals surface area contributed by atoms with Crippen LogP contribution >= 0.6 is 24.0 Å². The zero-order valence-corrected chi connectivity index (χ0v) is 18.8. The van der Waals surface area contributed by atoms with E-state index >= 15 is 0 Å². The lowest BCUT2D eigenvalue weighted by Crippen LogP contribution is -2.37. The Morgan fingerprint density at radius 3 is 2.54 bits per heavy atom. The summed E-state index contributed by atoms with van der Waals surface area (Å²) in [6.45, 7) is 7.93. The third kappa shape index (κ3) is 10.1. The van der Waals surface area contributed by atoms with Gasteiger partial charge < -0.3 is 24.8 Å². The zero-order chi connectivity index (χ0) is 18.3. The van der Waals surface area contributed by atoms with Crippen LogP contribution < -0.4 is 20.1 Å². The first-order valence-corrected chi connectivity index (χ1v) is 9.07. The van der Waals surface area contributed by atoms with Crippen molar-refractivity contribution in [2.45, 2.75) is 39.7 Å². The molecule has 0 saturated carbocycles. The summed E-state index contributed by atoms with van der Waals surface area (Å²) in [6, 6.07) is 5.98. The highest BCUT2D eigenvalue weighted by Gasteiger charge is 2.06. The van der Waals surface area contributed by atoms with E-state index in [9.17, 15) is 0 Å². The van der Waals surface area contributed by atoms with Gasteiger partial charge >= 0.3 is 0 Å². The minimum atomic E-state index is 0. The fourth-order valence-corrected chi connectivity index (χ4v) is 2.24. The molecule has 26 heavy (non-hydrogen) atoms. The number of unbranched alkanes of at least 4 members (excludes halogenated alkanes) is 1. The molecule has 1 aromatic rings. The van der Waals surface area contributed by atoms with E-state index in [1.54, 1.807) is 14.2 Å². The smallest absolute Gasteiger partial charge is 0.191 e. The Hall–Kier alpha value is -1.22. The van der Waals surface area contributed by atoms with Crippen LogP contribution in [0, 0.1) is 0 Å². The van der Waals surface area contributed by atoms with Crippen LogP contribution in [0.5, 0.6) is 11.5 Å². The zero-order valence-electron chi connectivity index (χ0n) is 16.5. The van der Waals surface area contributed by atoms with Gasteiger partial charge in [0.2, 0.25) is 0 Å². The lowest BCUT2D eigenvalue weighted by Gasteiger charge is -2.14. The van der Waals surface area contributed by atoms with E-state index in [2.05, 4.69) is 22.5 Å². The summed E-state index contributed by atoms with van der Waals surface area (Å²) in [5.41, 5.74) is 1.11. The van der Waals surface area contributed by atoms with E-state index in [0.29, 0.717) is 13.2 Å². The van der Waals surface area contributed by atoms with Gasteiger partial charge in [-0.25, -0.2) is 0 Å². The normalized spacial score (nSPS) is 10.8. The second-order valence-corrected chi connectivity index (χ2v) is 5.59. The van der Waals surface area contributed by atoms with Crippen LogP contribution in [-0.4, -0.2) is 46.5 Å². The first kappa shape index (κ1) is 24.8. The Labute approximate surface area is 175 Å². The molecule has 0 aliphatic heterocycles. The molecule has 1 aromatic carbocycles. The first-order valence-electron chi connectivity index (χ1n) is 9.07. The SMILES string of the molecule is CCCOc1ccc(CNC(=NC)NCCCCOCC)cc1OC.I. The van der Waals surface area contributed by atoms with E-state index in [4.69, 9.17) is 14.2 Å². The summed E-state index contributed by atoms with van der Waals surface area (Å²) in [7, 11) is 3.44. The number of ether oxygens (including phenoxy) is 3. The topological polar surface area (TPSA) is 64.1 Å². The van der Waals surface area contributed by atoms with E-state index < -0.39 is 0 Å². The van der Waals surface area contributed by atoms with Crippen molar-refractivity contribution in [3.63, 3.8) is 0 Å². The molecule has 0 atom stereocenters. The molecule has 0 saturated heterocycles. The second kappa shape index (κ2) is 16.0. The fourth-order valence-electron chi connectivity index (χ4n) is 2.24. The third-order valence-corrected chi connectivity index (χ3v) is 3.59. The molecule has 0 fully saturated rings. The van der Waals surface area contributed by atoms with Crippen molar-refractivity contribution in [2.24, 2.45) is 4.99 Å². The van der Waals surface area contributed by atoms with Crippen molar-refractivity contribution in [3.8, 4) is 11.5 Å². The van der Waals surface area contributed by atoms with Gasteiger partial charge in [0.05, 0.1) is 13.7 Å². The molecule has 0 heterocycles. The van der Waals surface area contributed by atoms with Gasteiger partial charge in [0.1, 0.15) is 0 Å². The molecule has 0 unspecified atom stereocenters. The maximum Gasteiger partial charge on any atom is 0.191 e. The van der Waals surface area contributed by atoms with Gasteiger partial charge in [-0.2, -0.15) is 0 Å². The molecule has 0 aliphatic carbocycles. The van der Waals surface area contributed by atoms with Crippen molar-refractivity contribution in [2.75, 3.05) is 40.5 Å². The molecule has 150 valence electrons. The van der Waals surface area contributed by atoms with Crippen LogP contribution in [0.4, 0.5) is 0 Å². The summed E-state index contributed by atoms with van der Waals surface area (Å²) in [5, 5.41) is 6.62. The molecular weight excluding hydrogens is 445 g/mol. The highest BCUT2D eigenvalue weighted by molar-refractivity contribution is 14.0. The number of rotatable bonds is 12. The molecule has 7 heteroatoms. The average molecular weight is 479 g/mol. The average Bonchev–Trinajstić information content (AvgIpc) is 2.65. The number of benzene rings is 1. The minimum absolute atomic E-state index is 0. The monoisotopic (exact) mass is 479 g/mol. The van der Waals surface area contributed by atoms with Gasteiger partial charge in [0.15, 0.2) is 17.5 Å². The van der Waals surface area contributed by atoms with Crippen LogP contribution in [-0.2, 0) is 11.3 Å². The largest absolute Gasteiger partial charge is 0.493 e. The molecule has 0 aliphatic rings. The number of hydrogen-bond acceptors (Lipinski definition) is 4. The van der Waals surface area contributed by atoms with Gasteiger partial charge in [0, 0.05) is 33.4 Å². The number of halogens is 1. The molecule has 0 radical (unpaired) electrons. The van der Waals surface area contributed by atoms with Crippen molar-refractivity contribution >= 4 is 29.9 Å². The van der Waals surface area contributed by atoms with Gasteiger partial charge in [-0.1, -0.05) is 13.0 Å². The summed E-state index contributed by atoms with van der Waals surface area (Å²) >= 11 is 0. The van der Waals surface area contributed by atoms with Crippen molar-refractivity contribution < 1.29 is 14.2 Å². The highest BCUT2D eigenvalue weighted by atomic mass is 127. The van der Waals surface area contributed by atoms with Crippen LogP contribution in [0.1, 0.15) is 38.7 Å². The predicted octanol–water partition coefficient (Wildman–Crippen LogP) is 3.58. The maximum absolute atomic E-state index is 5.68. The summed E-state index contributed by atoms with van der Waals surface area (Å²) in [6.07, 6.45) is 3.07. The van der Waals surface area contributed by atoms with Crippen LogP contribution in [0.2, 0.25) is 0 Å². The van der Waals surface area contributed by atoms with E-state index in [0.717, 1.165) is 62.0 Å². The second-order valence-electron chi connectivity index (χ2n) is 5.59. The maximum atomic E-state index is 5.68. The van der Waals surface area contributed by atoms with Gasteiger partial charge in [0.25, 0.3) is 0 Å². The third-order valence-electron chi connectivity index (χ3n) is 3.59. The first-order chi connectivity index (χ1) is 12.2. The molecule has 0 amide bonds. The Morgan fingerprint density at radius 2 is 1.88 bits per heavy atom. The predicted molar refractivity (Wildman–Crippen MR) is 118 cm³/mol. The molecule has 6 nitrogen and oxygen atoms in total. The number of nitrogens with zero attached hydrogens (tertiary/aromatic N) is 1. The Kier molecular flexibility index (Phi) is 15.2. The van der Waals surface area contributed by atoms with E-state index in [-0.39, 0.29) is 24.0 Å². The number of methoxy groups -OCH3 is 1. The molecule has 0 spiro atoms. The molecular formula is C19H34IN3O3. The Bertz CT molecular complexity index is 513. The van der Waals surface area contributed by atoms with Crippen molar-refractivity contribution in [1.82, 2.24) is 10.6 Å². The van der Waals surface area contributed by atoms with E-state index in [1.807, 2.05) is 25.1 Å². The minimum Gasteiger partial charge on any atom is -0.493 e. The fraction of sp³-hybridized carbons (Fsp3) is 0.632. The summed E-state index contributed by atoms with van der Waals surface area (Å²) in [4.78, 5) is 4.24. The van der Waals surface area contributed by atoms with E-state index in [1.165, 1.54) is 0 Å². The van der Waals surface area contributed by atoms with Crippen LogP contribution in [0.3, 0.4) is 0 Å². The lowest BCUT2D eigenvalue weighted by molar-refractivity contribution is 0.143. The Morgan fingerprint density at radius 1 is 1.08 bits per heavy atom. The molecule has 0 aromatic heterocycles. The van der Waals surface area contributed by atoms with Gasteiger partial charge in [-0.3, -0.25) is 4.99 Å². The quantitative estimate of drug-likeness (QED) is 0.208. The highest BCUT2D eigenvalue weighted by Crippen LogP contribution is 2.28. The number of nitrogens with one attached hydrogen (secondary N) is 2. The van der Waals surface area contributed by atoms with Crippen LogP contribution in [0.15, 0.2) is 23.2 Å². The summed E-state index contributed by atoms with van der Waals surface area (Å²) in [5.74, 6) is 2.33. The standard InChI is InChI=1S/C19H33N3O3.HI/c1-5-12-25-17-10-9-16(14-18(17)23-4)15-22-19(20-3)21-11-7-8-13-24-6-2;/h9-10,14H,5-8,11-13,15H2,1-4H3,(H2,20,21,22);1H. The van der Waals surface area contributed by atoms with Gasteiger partial charge in [-0.05, 0) is 43.9 Å². The molecule has 2 N–H and O–H groups in total. The van der Waals surface area contributed by atoms with Gasteiger partial charge in [-0.15, -0.1) is 24.0 Å². The number of aliphatic imine (C=N–C) groups is 1. The van der Waals surface area contributed by atoms with Crippen molar-refractivity contribution in [3.05, 3.63) is 23.8 Å². The molecule has 0 bridgehead atoms. The molecule has 1 rings (SSSR count). The number of hydrogen-bond donors (Lipinski definition) is 2.